The van der Waals surface area contributed by atoms with Gasteiger partial charge < -0.3 is 10.6 Å². The molecule has 0 atom stereocenters. The molecule has 5 heteroatoms. The lowest BCUT2D eigenvalue weighted by Gasteiger charge is -2.07. The van der Waals surface area contributed by atoms with Crippen molar-refractivity contribution in [1.29, 1.82) is 0 Å². The molecule has 0 bridgehead atoms. The van der Waals surface area contributed by atoms with E-state index in [9.17, 15) is 4.79 Å². The third-order valence-corrected chi connectivity index (χ3v) is 2.46. The number of nitrogens with zero attached hydrogens (tertiary/aromatic N) is 1. The highest BCUT2D eigenvalue weighted by atomic mass is 32.1. The van der Waals surface area contributed by atoms with Gasteiger partial charge in [0, 0.05) is 6.54 Å². The first-order valence-corrected chi connectivity index (χ1v) is 5.50. The number of nitrogens with one attached hydrogen (secondary N) is 2. The summed E-state index contributed by atoms with van der Waals surface area (Å²) in [6.07, 6.45) is 0. The molecular formula is C10H13N3OS. The summed E-state index contributed by atoms with van der Waals surface area (Å²) in [5, 5.41) is 7.82. The third kappa shape index (κ3) is 4.00. The van der Waals surface area contributed by atoms with Crippen LogP contribution in [0.3, 0.4) is 0 Å². The topological polar surface area (TPSA) is 45.5 Å². The highest BCUT2D eigenvalue weighted by molar-refractivity contribution is 7.14. The first-order chi connectivity index (χ1) is 7.11. The van der Waals surface area contributed by atoms with E-state index >= 15 is 0 Å². The van der Waals surface area contributed by atoms with Gasteiger partial charge in [0.25, 0.3) is 0 Å². The van der Waals surface area contributed by atoms with E-state index in [2.05, 4.69) is 15.5 Å². The fourth-order valence-electron chi connectivity index (χ4n) is 0.903. The summed E-state index contributed by atoms with van der Waals surface area (Å²) in [6.45, 7) is 11.5. The predicted octanol–water partition coefficient (Wildman–Crippen LogP) is 3.08. The van der Waals surface area contributed by atoms with Gasteiger partial charge in [-0.2, -0.15) is 0 Å². The molecule has 4 nitrogen and oxygen atoms in total. The van der Waals surface area contributed by atoms with Gasteiger partial charge >= 0.3 is 6.03 Å². The minimum absolute atomic E-state index is 0.220. The van der Waals surface area contributed by atoms with Crippen molar-refractivity contribution in [3.8, 4) is 0 Å². The summed E-state index contributed by atoms with van der Waals surface area (Å²) >= 11 is 1.35. The summed E-state index contributed by atoms with van der Waals surface area (Å²) < 4.78 is 0. The first kappa shape index (κ1) is 11.5. The van der Waals surface area contributed by atoms with Crippen molar-refractivity contribution >= 4 is 28.1 Å². The molecule has 0 radical (unpaired) electrons. The smallest absolute Gasteiger partial charge is 0.319 e. The van der Waals surface area contributed by atoms with E-state index in [1.54, 1.807) is 11.4 Å². The molecule has 0 aliphatic rings. The second-order valence-corrected chi connectivity index (χ2v) is 4.42. The Kier molecular flexibility index (Phi) is 4.13. The van der Waals surface area contributed by atoms with Crippen LogP contribution >= 0.6 is 11.3 Å². The molecule has 0 saturated carbocycles. The van der Waals surface area contributed by atoms with Gasteiger partial charge in [-0.15, -0.1) is 11.3 Å². The highest BCUT2D eigenvalue weighted by Gasteiger charge is 2.04. The lowest BCUT2D eigenvalue weighted by atomic mass is 10.2. The van der Waals surface area contributed by atoms with E-state index < -0.39 is 0 Å². The molecule has 80 valence electrons. The van der Waals surface area contributed by atoms with Crippen LogP contribution in [0.5, 0.6) is 0 Å². The zero-order chi connectivity index (χ0) is 11.3. The molecule has 0 fully saturated rings. The van der Waals surface area contributed by atoms with E-state index in [4.69, 9.17) is 6.57 Å². The number of amides is 2. The summed E-state index contributed by atoms with van der Waals surface area (Å²) in [4.78, 5) is 14.6. The Bertz CT molecular complexity index is 378. The van der Waals surface area contributed by atoms with Crippen molar-refractivity contribution in [3.05, 3.63) is 22.9 Å². The van der Waals surface area contributed by atoms with Crippen molar-refractivity contribution in [1.82, 2.24) is 5.32 Å². The molecule has 0 spiro atoms. The monoisotopic (exact) mass is 223 g/mol. The molecule has 0 aromatic carbocycles. The van der Waals surface area contributed by atoms with Crippen molar-refractivity contribution < 1.29 is 4.79 Å². The molecule has 1 aromatic rings. The SMILES string of the molecule is [C-]#[N+]c1csc(NC(=O)NCC(C)C)c1. The van der Waals surface area contributed by atoms with E-state index in [-0.39, 0.29) is 6.03 Å². The fourth-order valence-corrected chi connectivity index (χ4v) is 1.61. The molecule has 1 aromatic heterocycles. The normalized spacial score (nSPS) is 9.73. The largest absolute Gasteiger partial charge is 0.338 e. The Hall–Kier alpha value is -1.54. The lowest BCUT2D eigenvalue weighted by molar-refractivity contribution is 0.251. The molecular weight excluding hydrogens is 210 g/mol. The molecule has 0 saturated heterocycles. The number of anilines is 1. The zero-order valence-corrected chi connectivity index (χ0v) is 9.52. The van der Waals surface area contributed by atoms with Crippen molar-refractivity contribution in [3.63, 3.8) is 0 Å². The molecule has 0 aliphatic carbocycles. The predicted molar refractivity (Wildman–Crippen MR) is 62.4 cm³/mol. The number of thiophene rings is 1. The molecule has 2 N–H and O–H groups in total. The van der Waals surface area contributed by atoms with Crippen molar-refractivity contribution in [2.45, 2.75) is 13.8 Å². The summed E-state index contributed by atoms with van der Waals surface area (Å²) in [6, 6.07) is 1.44. The standard InChI is InChI=1S/C10H13N3OS/c1-7(2)5-12-10(14)13-9-4-8(11-3)6-15-9/h4,6-7H,5H2,1-2H3,(H2,12,13,14). The van der Waals surface area contributed by atoms with Crippen LogP contribution in [0.1, 0.15) is 13.8 Å². The van der Waals surface area contributed by atoms with Gasteiger partial charge in [-0.3, -0.25) is 0 Å². The maximum absolute atomic E-state index is 11.3. The van der Waals surface area contributed by atoms with Gasteiger partial charge in [-0.05, 0) is 17.4 Å². The van der Waals surface area contributed by atoms with Gasteiger partial charge in [0.1, 0.15) is 0 Å². The Labute approximate surface area is 93.1 Å². The quantitative estimate of drug-likeness (QED) is 0.760. The molecule has 2 amide bonds. The Morgan fingerprint density at radius 1 is 1.67 bits per heavy atom. The molecule has 0 unspecified atom stereocenters. The third-order valence-electron chi connectivity index (χ3n) is 1.62. The Balaban J connectivity index is 2.41. The van der Waals surface area contributed by atoms with Gasteiger partial charge in [0.05, 0.1) is 11.6 Å². The minimum atomic E-state index is -0.220. The number of rotatable bonds is 3. The number of hydrogen-bond acceptors (Lipinski definition) is 2. The van der Waals surface area contributed by atoms with Crippen molar-refractivity contribution in [2.24, 2.45) is 5.92 Å². The molecule has 1 rings (SSSR count). The van der Waals surface area contributed by atoms with E-state index in [1.807, 2.05) is 13.8 Å². The van der Waals surface area contributed by atoms with E-state index in [1.165, 1.54) is 11.3 Å². The highest BCUT2D eigenvalue weighted by Crippen LogP contribution is 2.26. The summed E-state index contributed by atoms with van der Waals surface area (Å²) in [7, 11) is 0. The number of hydrogen-bond donors (Lipinski definition) is 2. The van der Waals surface area contributed by atoms with Crippen LogP contribution in [0.15, 0.2) is 11.4 Å². The second kappa shape index (κ2) is 5.37. The van der Waals surface area contributed by atoms with Gasteiger partial charge in [-0.25, -0.2) is 9.64 Å². The van der Waals surface area contributed by atoms with Crippen molar-refractivity contribution in [2.75, 3.05) is 11.9 Å². The molecule has 0 aliphatic heterocycles. The minimum Gasteiger partial charge on any atom is -0.338 e. The maximum Gasteiger partial charge on any atom is 0.319 e. The van der Waals surface area contributed by atoms with Crippen LogP contribution in [0.25, 0.3) is 4.85 Å². The van der Waals surface area contributed by atoms with Gasteiger partial charge in [-0.1, -0.05) is 13.8 Å². The van der Waals surface area contributed by atoms with Crippen LogP contribution in [0.4, 0.5) is 15.5 Å². The Morgan fingerprint density at radius 3 is 2.93 bits per heavy atom. The average molecular weight is 223 g/mol. The summed E-state index contributed by atoms with van der Waals surface area (Å²) in [5.41, 5.74) is 0.555. The van der Waals surface area contributed by atoms with Crippen LogP contribution in [0, 0.1) is 12.5 Å². The first-order valence-electron chi connectivity index (χ1n) is 4.62. The van der Waals surface area contributed by atoms with E-state index in [0.29, 0.717) is 23.2 Å². The number of carbonyl (C=O) groups excluding carboxylic acids is 1. The van der Waals surface area contributed by atoms with E-state index in [0.717, 1.165) is 0 Å². The second-order valence-electron chi connectivity index (χ2n) is 3.51. The van der Waals surface area contributed by atoms with Crippen LogP contribution in [-0.2, 0) is 0 Å². The summed E-state index contributed by atoms with van der Waals surface area (Å²) in [5.74, 6) is 0.429. The van der Waals surface area contributed by atoms with Crippen LogP contribution in [-0.4, -0.2) is 12.6 Å². The lowest BCUT2D eigenvalue weighted by Crippen LogP contribution is -2.31. The molecule has 1 heterocycles. The average Bonchev–Trinajstić information content (AvgIpc) is 2.62. The maximum atomic E-state index is 11.3. The van der Waals surface area contributed by atoms with Crippen LogP contribution < -0.4 is 10.6 Å². The number of carbonyl (C=O) groups is 1. The van der Waals surface area contributed by atoms with Gasteiger partial charge in [0.15, 0.2) is 5.69 Å². The van der Waals surface area contributed by atoms with Crippen LogP contribution in [0.2, 0.25) is 0 Å². The molecule has 15 heavy (non-hydrogen) atoms. The van der Waals surface area contributed by atoms with Gasteiger partial charge in [0.2, 0.25) is 0 Å². The number of urea groups is 1. The fraction of sp³-hybridized carbons (Fsp3) is 0.400. The Morgan fingerprint density at radius 2 is 2.40 bits per heavy atom. The zero-order valence-electron chi connectivity index (χ0n) is 8.70.